The second kappa shape index (κ2) is 8.42. The van der Waals surface area contributed by atoms with Crippen molar-refractivity contribution in [3.05, 3.63) is 73.2 Å². The largest absolute Gasteiger partial charge is 0.464 e. The van der Waals surface area contributed by atoms with Crippen molar-refractivity contribution in [2.45, 2.75) is 70.9 Å². The first-order valence-corrected chi connectivity index (χ1v) is 11.5. The maximum absolute atomic E-state index is 13.0. The van der Waals surface area contributed by atoms with Crippen molar-refractivity contribution in [2.75, 3.05) is 6.54 Å². The number of fused-ring (bicyclic) bond motifs is 2. The van der Waals surface area contributed by atoms with Crippen LogP contribution in [0.4, 0.5) is 0 Å². The van der Waals surface area contributed by atoms with Gasteiger partial charge in [0.2, 0.25) is 0 Å². The molecule has 0 unspecified atom stereocenters. The van der Waals surface area contributed by atoms with Crippen LogP contribution in [0.2, 0.25) is 0 Å². The number of aromatic amines is 1. The first-order valence-electron chi connectivity index (χ1n) is 11.5. The number of benzene rings is 1. The van der Waals surface area contributed by atoms with Crippen LogP contribution in [-0.2, 0) is 25.9 Å². The van der Waals surface area contributed by atoms with Gasteiger partial charge in [-0.25, -0.2) is 4.98 Å². The average molecular weight is 420 g/mol. The topological polar surface area (TPSA) is 79.2 Å². The van der Waals surface area contributed by atoms with Gasteiger partial charge in [0.05, 0.1) is 22.9 Å². The summed E-state index contributed by atoms with van der Waals surface area (Å²) in [5, 5.41) is 0.630. The van der Waals surface area contributed by atoms with E-state index in [1.807, 2.05) is 18.2 Å². The fraction of sp³-hybridized carbons (Fsp3) is 0.480. The molecule has 0 amide bonds. The zero-order valence-electron chi connectivity index (χ0n) is 18.1. The normalized spacial score (nSPS) is 17.7. The Labute approximate surface area is 181 Å². The Balaban J connectivity index is 1.38. The summed E-state index contributed by atoms with van der Waals surface area (Å²) < 4.78 is 5.73. The number of H-pyrrole nitrogens is 1. The number of rotatable bonds is 4. The Morgan fingerprint density at radius 3 is 2.84 bits per heavy atom. The molecule has 3 heterocycles. The fourth-order valence-electron chi connectivity index (χ4n) is 4.99. The van der Waals surface area contributed by atoms with Crippen LogP contribution in [-0.4, -0.2) is 21.4 Å². The molecule has 1 saturated carbocycles. The first kappa shape index (κ1) is 20.2. The van der Waals surface area contributed by atoms with Crippen LogP contribution in [0.5, 0.6) is 0 Å². The minimum Gasteiger partial charge on any atom is -0.464 e. The molecular weight excluding hydrogens is 390 g/mol. The van der Waals surface area contributed by atoms with Gasteiger partial charge >= 0.3 is 0 Å². The van der Waals surface area contributed by atoms with Crippen LogP contribution < -0.4 is 11.0 Å². The minimum atomic E-state index is -0.0200. The molecule has 1 aromatic carbocycles. The van der Waals surface area contributed by atoms with Gasteiger partial charge < -0.3 is 9.40 Å². The standard InChI is InChI=1S/C25H29N3O3/c1-2-16-8-9-22-19(12-16)23(29)18(15-31-22)13-28-11-10-21-20(14-28)25(30)27-24(26-21)17-6-4-3-5-7-17/h8-9,12,15,17H,2-7,10-11,13-14H2,1H3,(H,26,27,30). The SMILES string of the molecule is CCc1ccc2occ(CN3CCc4nc(C5CCCCC5)[nH]c(=O)c4C3)c(=O)c2c1. The minimum absolute atomic E-state index is 0.0158. The van der Waals surface area contributed by atoms with E-state index in [0.717, 1.165) is 54.9 Å². The molecule has 31 heavy (non-hydrogen) atoms. The van der Waals surface area contributed by atoms with Gasteiger partial charge in [-0.05, 0) is 37.0 Å². The zero-order valence-corrected chi connectivity index (χ0v) is 18.1. The predicted octanol–water partition coefficient (Wildman–Crippen LogP) is 4.04. The van der Waals surface area contributed by atoms with Crippen LogP contribution in [0.25, 0.3) is 11.0 Å². The van der Waals surface area contributed by atoms with Gasteiger partial charge in [0.15, 0.2) is 5.43 Å². The smallest absolute Gasteiger partial charge is 0.255 e. The molecule has 1 aliphatic heterocycles. The van der Waals surface area contributed by atoms with Crippen molar-refractivity contribution in [3.63, 3.8) is 0 Å². The van der Waals surface area contributed by atoms with Crippen LogP contribution in [0.3, 0.4) is 0 Å². The van der Waals surface area contributed by atoms with E-state index in [1.54, 1.807) is 6.26 Å². The van der Waals surface area contributed by atoms with Crippen molar-refractivity contribution in [1.29, 1.82) is 0 Å². The Hall–Kier alpha value is -2.73. The molecule has 0 atom stereocenters. The van der Waals surface area contributed by atoms with E-state index in [2.05, 4.69) is 16.8 Å². The number of nitrogens with one attached hydrogen (secondary N) is 1. The van der Waals surface area contributed by atoms with E-state index in [9.17, 15) is 9.59 Å². The van der Waals surface area contributed by atoms with Crippen LogP contribution >= 0.6 is 0 Å². The lowest BCUT2D eigenvalue weighted by Crippen LogP contribution is -2.37. The van der Waals surface area contributed by atoms with Crippen molar-refractivity contribution in [1.82, 2.24) is 14.9 Å². The van der Waals surface area contributed by atoms with E-state index in [1.165, 1.54) is 19.3 Å². The van der Waals surface area contributed by atoms with Gasteiger partial charge in [0.25, 0.3) is 5.56 Å². The Morgan fingerprint density at radius 1 is 1.19 bits per heavy atom. The molecule has 6 nitrogen and oxygen atoms in total. The zero-order chi connectivity index (χ0) is 21.4. The highest BCUT2D eigenvalue weighted by Gasteiger charge is 2.25. The van der Waals surface area contributed by atoms with E-state index in [4.69, 9.17) is 9.40 Å². The molecule has 0 radical (unpaired) electrons. The van der Waals surface area contributed by atoms with Gasteiger partial charge in [-0.2, -0.15) is 0 Å². The molecule has 2 aromatic heterocycles. The maximum Gasteiger partial charge on any atom is 0.255 e. The summed E-state index contributed by atoms with van der Waals surface area (Å²) in [4.78, 5) is 35.9. The molecule has 6 heteroatoms. The van der Waals surface area contributed by atoms with Crippen LogP contribution in [0.15, 0.2) is 38.5 Å². The highest BCUT2D eigenvalue weighted by atomic mass is 16.3. The van der Waals surface area contributed by atoms with E-state index in [0.29, 0.717) is 35.5 Å². The summed E-state index contributed by atoms with van der Waals surface area (Å²) in [5.41, 5.74) is 4.03. The molecule has 0 bridgehead atoms. The van der Waals surface area contributed by atoms with Crippen LogP contribution in [0, 0.1) is 0 Å². The molecule has 2 aliphatic rings. The molecule has 0 spiro atoms. The molecule has 5 rings (SSSR count). The lowest BCUT2D eigenvalue weighted by molar-refractivity contribution is 0.238. The van der Waals surface area contributed by atoms with Crippen molar-refractivity contribution in [3.8, 4) is 0 Å². The van der Waals surface area contributed by atoms with Gasteiger partial charge in [0.1, 0.15) is 11.4 Å². The third-order valence-corrected chi connectivity index (χ3v) is 6.87. The molecular formula is C25H29N3O3. The number of aryl methyl sites for hydroxylation is 1. The van der Waals surface area contributed by atoms with E-state index < -0.39 is 0 Å². The summed E-state index contributed by atoms with van der Waals surface area (Å²) in [6, 6.07) is 5.79. The molecule has 1 fully saturated rings. The highest BCUT2D eigenvalue weighted by Crippen LogP contribution is 2.30. The summed E-state index contributed by atoms with van der Waals surface area (Å²) >= 11 is 0. The fourth-order valence-corrected chi connectivity index (χ4v) is 4.99. The van der Waals surface area contributed by atoms with Gasteiger partial charge in [-0.3, -0.25) is 14.5 Å². The van der Waals surface area contributed by atoms with E-state index in [-0.39, 0.29) is 11.0 Å². The first-order chi connectivity index (χ1) is 15.1. The maximum atomic E-state index is 13.0. The summed E-state index contributed by atoms with van der Waals surface area (Å²) in [6.45, 7) is 3.83. The second-order valence-corrected chi connectivity index (χ2v) is 8.95. The summed E-state index contributed by atoms with van der Waals surface area (Å²) in [6.07, 6.45) is 9.12. The Morgan fingerprint density at radius 2 is 2.03 bits per heavy atom. The third kappa shape index (κ3) is 3.97. The van der Waals surface area contributed by atoms with Gasteiger partial charge in [0, 0.05) is 37.5 Å². The average Bonchev–Trinajstić information content (AvgIpc) is 2.81. The van der Waals surface area contributed by atoms with E-state index >= 15 is 0 Å². The molecule has 3 aromatic rings. The summed E-state index contributed by atoms with van der Waals surface area (Å²) in [5.74, 6) is 1.26. The monoisotopic (exact) mass is 419 g/mol. The van der Waals surface area contributed by atoms with Crippen molar-refractivity contribution in [2.24, 2.45) is 0 Å². The number of hydrogen-bond donors (Lipinski definition) is 1. The molecule has 1 aliphatic carbocycles. The second-order valence-electron chi connectivity index (χ2n) is 8.95. The molecule has 1 N–H and O–H groups in total. The van der Waals surface area contributed by atoms with Gasteiger partial charge in [-0.15, -0.1) is 0 Å². The highest BCUT2D eigenvalue weighted by molar-refractivity contribution is 5.77. The predicted molar refractivity (Wildman–Crippen MR) is 120 cm³/mol. The third-order valence-electron chi connectivity index (χ3n) is 6.87. The lowest BCUT2D eigenvalue weighted by atomic mass is 9.88. The number of hydrogen-bond acceptors (Lipinski definition) is 5. The molecule has 0 saturated heterocycles. The van der Waals surface area contributed by atoms with Crippen LogP contribution in [0.1, 0.15) is 73.2 Å². The number of nitrogens with zero attached hydrogens (tertiary/aromatic N) is 2. The quantitative estimate of drug-likeness (QED) is 0.690. The summed E-state index contributed by atoms with van der Waals surface area (Å²) in [7, 11) is 0. The van der Waals surface area contributed by atoms with Crippen molar-refractivity contribution < 1.29 is 4.42 Å². The Kier molecular flexibility index (Phi) is 5.48. The van der Waals surface area contributed by atoms with Crippen molar-refractivity contribution >= 4 is 11.0 Å². The van der Waals surface area contributed by atoms with Gasteiger partial charge in [-0.1, -0.05) is 32.3 Å². The molecule has 162 valence electrons. The number of aromatic nitrogens is 2. The lowest BCUT2D eigenvalue weighted by Gasteiger charge is -2.28. The Bertz CT molecular complexity index is 1220.